The summed E-state index contributed by atoms with van der Waals surface area (Å²) in [6.07, 6.45) is 2.36. The van der Waals surface area contributed by atoms with Crippen LogP contribution in [0.3, 0.4) is 0 Å². The van der Waals surface area contributed by atoms with Gasteiger partial charge in [-0.2, -0.15) is 0 Å². The first-order valence-corrected chi connectivity index (χ1v) is 6.20. The molecule has 16 heavy (non-hydrogen) atoms. The van der Waals surface area contributed by atoms with Gasteiger partial charge in [0.05, 0.1) is 0 Å². The standard InChI is InChI=1S/C12H20ClN3/c1-5-10(6-2)7-14-12-8(3)11(13)15-9(4)16-12/h10H,5-7H2,1-4H3,(H,14,15,16). The normalized spacial score (nSPS) is 10.9. The van der Waals surface area contributed by atoms with Crippen molar-refractivity contribution in [2.45, 2.75) is 40.5 Å². The zero-order chi connectivity index (χ0) is 12.1. The third-order valence-electron chi connectivity index (χ3n) is 2.91. The van der Waals surface area contributed by atoms with Gasteiger partial charge in [0, 0.05) is 12.1 Å². The van der Waals surface area contributed by atoms with Crippen molar-refractivity contribution in [3.05, 3.63) is 16.5 Å². The van der Waals surface area contributed by atoms with E-state index in [-0.39, 0.29) is 0 Å². The zero-order valence-electron chi connectivity index (χ0n) is 10.5. The fourth-order valence-corrected chi connectivity index (χ4v) is 1.80. The predicted molar refractivity (Wildman–Crippen MR) is 69.1 cm³/mol. The second-order valence-electron chi connectivity index (χ2n) is 4.10. The van der Waals surface area contributed by atoms with Gasteiger partial charge in [-0.15, -0.1) is 0 Å². The lowest BCUT2D eigenvalue weighted by Gasteiger charge is -2.15. The van der Waals surface area contributed by atoms with Crippen molar-refractivity contribution in [3.63, 3.8) is 0 Å². The molecule has 0 aliphatic carbocycles. The van der Waals surface area contributed by atoms with Gasteiger partial charge in [0.1, 0.15) is 16.8 Å². The van der Waals surface area contributed by atoms with Gasteiger partial charge in [0.2, 0.25) is 0 Å². The number of halogens is 1. The Morgan fingerprint density at radius 3 is 2.38 bits per heavy atom. The maximum Gasteiger partial charge on any atom is 0.137 e. The van der Waals surface area contributed by atoms with E-state index in [2.05, 4.69) is 29.1 Å². The van der Waals surface area contributed by atoms with Crippen LogP contribution in [-0.2, 0) is 0 Å². The van der Waals surface area contributed by atoms with Gasteiger partial charge >= 0.3 is 0 Å². The molecule has 0 aliphatic rings. The van der Waals surface area contributed by atoms with Gasteiger partial charge in [-0.1, -0.05) is 38.3 Å². The smallest absolute Gasteiger partial charge is 0.137 e. The number of hydrogen-bond acceptors (Lipinski definition) is 3. The van der Waals surface area contributed by atoms with Gasteiger partial charge in [0.15, 0.2) is 0 Å². The zero-order valence-corrected chi connectivity index (χ0v) is 11.2. The summed E-state index contributed by atoms with van der Waals surface area (Å²) in [5, 5.41) is 3.90. The molecule has 1 aromatic heterocycles. The molecule has 1 heterocycles. The van der Waals surface area contributed by atoms with Gasteiger partial charge in [0.25, 0.3) is 0 Å². The Balaban J connectivity index is 2.73. The lowest BCUT2D eigenvalue weighted by atomic mass is 10.0. The number of hydrogen-bond donors (Lipinski definition) is 1. The number of anilines is 1. The molecule has 0 unspecified atom stereocenters. The molecule has 3 nitrogen and oxygen atoms in total. The number of nitrogens with one attached hydrogen (secondary N) is 1. The van der Waals surface area contributed by atoms with E-state index in [9.17, 15) is 0 Å². The van der Waals surface area contributed by atoms with Crippen molar-refractivity contribution in [1.82, 2.24) is 9.97 Å². The van der Waals surface area contributed by atoms with E-state index in [1.807, 2.05) is 13.8 Å². The van der Waals surface area contributed by atoms with Crippen LogP contribution in [0.2, 0.25) is 5.15 Å². The lowest BCUT2D eigenvalue weighted by Crippen LogP contribution is -2.15. The lowest BCUT2D eigenvalue weighted by molar-refractivity contribution is 0.518. The fourth-order valence-electron chi connectivity index (χ4n) is 1.58. The molecule has 0 saturated carbocycles. The number of aromatic nitrogens is 2. The van der Waals surface area contributed by atoms with Crippen molar-refractivity contribution < 1.29 is 0 Å². The van der Waals surface area contributed by atoms with E-state index in [1.165, 1.54) is 12.8 Å². The maximum atomic E-state index is 6.01. The highest BCUT2D eigenvalue weighted by atomic mass is 35.5. The van der Waals surface area contributed by atoms with Gasteiger partial charge < -0.3 is 5.32 Å². The molecule has 0 aromatic carbocycles. The minimum atomic E-state index is 0.541. The van der Waals surface area contributed by atoms with E-state index < -0.39 is 0 Å². The van der Waals surface area contributed by atoms with Crippen molar-refractivity contribution in [3.8, 4) is 0 Å². The fraction of sp³-hybridized carbons (Fsp3) is 0.667. The van der Waals surface area contributed by atoms with Crippen LogP contribution in [0.5, 0.6) is 0 Å². The molecule has 4 heteroatoms. The quantitative estimate of drug-likeness (QED) is 0.801. The largest absolute Gasteiger partial charge is 0.369 e. The summed E-state index contributed by atoms with van der Waals surface area (Å²) in [6, 6.07) is 0. The van der Waals surface area contributed by atoms with Crippen LogP contribution in [0.25, 0.3) is 0 Å². The number of aryl methyl sites for hydroxylation is 1. The molecule has 0 saturated heterocycles. The van der Waals surface area contributed by atoms with Crippen LogP contribution in [0.1, 0.15) is 38.1 Å². The van der Waals surface area contributed by atoms with E-state index in [4.69, 9.17) is 11.6 Å². The third kappa shape index (κ3) is 3.34. The Kier molecular flexibility index (Phi) is 5.00. The average Bonchev–Trinajstić information content (AvgIpc) is 2.26. The summed E-state index contributed by atoms with van der Waals surface area (Å²) in [7, 11) is 0. The Bertz CT molecular complexity index is 348. The molecular weight excluding hydrogens is 222 g/mol. The molecule has 0 amide bonds. The second kappa shape index (κ2) is 6.04. The molecule has 1 N–H and O–H groups in total. The third-order valence-corrected chi connectivity index (χ3v) is 3.28. The Hall–Kier alpha value is -0.830. The molecule has 90 valence electrons. The van der Waals surface area contributed by atoms with Crippen molar-refractivity contribution in [2.24, 2.45) is 5.92 Å². The summed E-state index contributed by atoms with van der Waals surface area (Å²) < 4.78 is 0. The van der Waals surface area contributed by atoms with Crippen LogP contribution in [0, 0.1) is 19.8 Å². The minimum Gasteiger partial charge on any atom is -0.369 e. The molecular formula is C12H20ClN3. The summed E-state index contributed by atoms with van der Waals surface area (Å²) in [4.78, 5) is 8.48. The Labute approximate surface area is 103 Å². The van der Waals surface area contributed by atoms with Gasteiger partial charge in [-0.05, 0) is 19.8 Å². The summed E-state index contributed by atoms with van der Waals surface area (Å²) >= 11 is 6.01. The Morgan fingerprint density at radius 1 is 1.19 bits per heavy atom. The van der Waals surface area contributed by atoms with Crippen LogP contribution >= 0.6 is 11.6 Å². The van der Waals surface area contributed by atoms with Crippen LogP contribution < -0.4 is 5.32 Å². The van der Waals surface area contributed by atoms with Gasteiger partial charge in [-0.3, -0.25) is 0 Å². The van der Waals surface area contributed by atoms with Crippen LogP contribution in [0.15, 0.2) is 0 Å². The average molecular weight is 242 g/mol. The first-order valence-electron chi connectivity index (χ1n) is 5.83. The topological polar surface area (TPSA) is 37.8 Å². The van der Waals surface area contributed by atoms with Crippen LogP contribution in [-0.4, -0.2) is 16.5 Å². The summed E-state index contributed by atoms with van der Waals surface area (Å²) in [6.45, 7) is 9.16. The molecule has 0 aliphatic heterocycles. The predicted octanol–water partition coefficient (Wildman–Crippen LogP) is 3.59. The molecule has 0 atom stereocenters. The minimum absolute atomic E-state index is 0.541. The number of rotatable bonds is 5. The van der Waals surface area contributed by atoms with Crippen molar-refractivity contribution in [1.29, 1.82) is 0 Å². The van der Waals surface area contributed by atoms with E-state index >= 15 is 0 Å². The molecule has 0 radical (unpaired) electrons. The molecule has 0 spiro atoms. The van der Waals surface area contributed by atoms with Crippen molar-refractivity contribution in [2.75, 3.05) is 11.9 Å². The molecule has 1 rings (SSSR count). The Morgan fingerprint density at radius 2 is 1.81 bits per heavy atom. The van der Waals surface area contributed by atoms with Gasteiger partial charge in [-0.25, -0.2) is 9.97 Å². The first-order chi connectivity index (χ1) is 7.58. The summed E-state index contributed by atoms with van der Waals surface area (Å²) in [5.41, 5.74) is 0.929. The first kappa shape index (κ1) is 13.2. The highest BCUT2D eigenvalue weighted by molar-refractivity contribution is 6.30. The second-order valence-corrected chi connectivity index (χ2v) is 4.46. The van der Waals surface area contributed by atoms with Crippen molar-refractivity contribution >= 4 is 17.4 Å². The van der Waals surface area contributed by atoms with E-state index in [1.54, 1.807) is 0 Å². The van der Waals surface area contributed by atoms with E-state index in [0.717, 1.165) is 17.9 Å². The SMILES string of the molecule is CCC(CC)CNc1nc(C)nc(Cl)c1C. The molecule has 0 bridgehead atoms. The van der Waals surface area contributed by atoms with E-state index in [0.29, 0.717) is 16.9 Å². The maximum absolute atomic E-state index is 6.01. The highest BCUT2D eigenvalue weighted by Gasteiger charge is 2.09. The monoisotopic (exact) mass is 241 g/mol. The summed E-state index contributed by atoms with van der Waals surface area (Å²) in [5.74, 6) is 2.26. The highest BCUT2D eigenvalue weighted by Crippen LogP contribution is 2.20. The molecule has 1 aromatic rings. The number of nitrogens with zero attached hydrogens (tertiary/aromatic N) is 2. The molecule has 0 fully saturated rings. The van der Waals surface area contributed by atoms with Crippen LogP contribution in [0.4, 0.5) is 5.82 Å².